The van der Waals surface area contributed by atoms with Crippen LogP contribution >= 0.6 is 0 Å². The third-order valence-corrected chi connectivity index (χ3v) is 4.13. The minimum Gasteiger partial charge on any atom is -0.490 e. The molecule has 0 aromatic heterocycles. The van der Waals surface area contributed by atoms with Crippen LogP contribution in [0.15, 0.2) is 66.7 Å². The Morgan fingerprint density at radius 1 is 0.960 bits per heavy atom. The molecule has 0 amide bonds. The van der Waals surface area contributed by atoms with E-state index in [1.54, 1.807) is 0 Å². The lowest BCUT2D eigenvalue weighted by Gasteiger charge is -2.14. The lowest BCUT2D eigenvalue weighted by Crippen LogP contribution is -2.32. The summed E-state index contributed by atoms with van der Waals surface area (Å²) in [5.74, 6) is 0.805. The standard InChI is InChI=1S/C21H24N2O2/c22-18-10-8-16(9-11-18)12-13-23-14-19(24)15-25-21-7-3-5-17-4-1-2-6-20(17)21/h1-11,19,23-24H,12-15,22H2. The summed E-state index contributed by atoms with van der Waals surface area (Å²) in [6.45, 7) is 1.57. The minimum absolute atomic E-state index is 0.267. The number of rotatable bonds is 8. The molecule has 0 fully saturated rings. The van der Waals surface area contributed by atoms with Crippen LogP contribution in [0, 0.1) is 0 Å². The molecule has 3 aromatic carbocycles. The van der Waals surface area contributed by atoms with Crippen LogP contribution in [0.3, 0.4) is 0 Å². The smallest absolute Gasteiger partial charge is 0.127 e. The summed E-state index contributed by atoms with van der Waals surface area (Å²) in [6.07, 6.45) is 0.349. The number of nitrogens with one attached hydrogen (secondary N) is 1. The number of benzene rings is 3. The van der Waals surface area contributed by atoms with Gasteiger partial charge in [-0.05, 0) is 42.1 Å². The molecule has 0 aliphatic carbocycles. The number of hydrogen-bond acceptors (Lipinski definition) is 4. The van der Waals surface area contributed by atoms with Crippen molar-refractivity contribution in [2.45, 2.75) is 12.5 Å². The predicted octanol–water partition coefficient (Wildman–Crippen LogP) is 2.99. The molecular formula is C21H24N2O2. The molecular weight excluding hydrogens is 312 g/mol. The fraction of sp³-hybridized carbons (Fsp3) is 0.238. The van der Waals surface area contributed by atoms with Crippen molar-refractivity contribution < 1.29 is 9.84 Å². The van der Waals surface area contributed by atoms with Crippen LogP contribution in [0.2, 0.25) is 0 Å². The highest BCUT2D eigenvalue weighted by Crippen LogP contribution is 2.25. The summed E-state index contributed by atoms with van der Waals surface area (Å²) < 4.78 is 5.81. The molecule has 25 heavy (non-hydrogen) atoms. The molecule has 1 atom stereocenters. The van der Waals surface area contributed by atoms with Gasteiger partial charge in [0.05, 0.1) is 0 Å². The van der Waals surface area contributed by atoms with E-state index in [-0.39, 0.29) is 6.61 Å². The van der Waals surface area contributed by atoms with E-state index in [4.69, 9.17) is 10.5 Å². The van der Waals surface area contributed by atoms with Gasteiger partial charge in [0.1, 0.15) is 18.5 Å². The van der Waals surface area contributed by atoms with E-state index in [1.807, 2.05) is 54.6 Å². The summed E-state index contributed by atoms with van der Waals surface area (Å²) in [5.41, 5.74) is 7.68. The minimum atomic E-state index is -0.551. The Balaban J connectivity index is 1.42. The average Bonchev–Trinajstić information content (AvgIpc) is 2.65. The maximum absolute atomic E-state index is 10.1. The normalized spacial score (nSPS) is 12.2. The first-order valence-corrected chi connectivity index (χ1v) is 8.56. The third kappa shape index (κ3) is 4.95. The van der Waals surface area contributed by atoms with Crippen molar-refractivity contribution in [3.8, 4) is 5.75 Å². The van der Waals surface area contributed by atoms with Crippen LogP contribution in [-0.4, -0.2) is 30.9 Å². The lowest BCUT2D eigenvalue weighted by atomic mass is 10.1. The zero-order valence-electron chi connectivity index (χ0n) is 14.2. The first-order valence-electron chi connectivity index (χ1n) is 8.56. The molecule has 0 bridgehead atoms. The molecule has 4 heteroatoms. The molecule has 0 aliphatic rings. The number of hydrogen-bond donors (Lipinski definition) is 3. The largest absolute Gasteiger partial charge is 0.490 e. The second-order valence-electron chi connectivity index (χ2n) is 6.14. The Labute approximate surface area is 148 Å². The molecule has 0 aliphatic heterocycles. The fourth-order valence-corrected chi connectivity index (χ4v) is 2.75. The van der Waals surface area contributed by atoms with Gasteiger partial charge in [0.15, 0.2) is 0 Å². The van der Waals surface area contributed by atoms with Gasteiger partial charge >= 0.3 is 0 Å². The van der Waals surface area contributed by atoms with Crippen molar-refractivity contribution in [3.05, 3.63) is 72.3 Å². The van der Waals surface area contributed by atoms with E-state index >= 15 is 0 Å². The van der Waals surface area contributed by atoms with Gasteiger partial charge in [-0.3, -0.25) is 0 Å². The van der Waals surface area contributed by atoms with Gasteiger partial charge in [0, 0.05) is 17.6 Å². The summed E-state index contributed by atoms with van der Waals surface area (Å²) in [7, 11) is 0. The van der Waals surface area contributed by atoms with Crippen LogP contribution in [0.25, 0.3) is 10.8 Å². The Hall–Kier alpha value is -2.56. The monoisotopic (exact) mass is 336 g/mol. The lowest BCUT2D eigenvalue weighted by molar-refractivity contribution is 0.107. The number of fused-ring (bicyclic) bond motifs is 1. The van der Waals surface area contributed by atoms with Crippen molar-refractivity contribution in [1.29, 1.82) is 0 Å². The summed E-state index contributed by atoms with van der Waals surface area (Å²) in [4.78, 5) is 0. The first-order chi connectivity index (χ1) is 12.2. The van der Waals surface area contributed by atoms with Gasteiger partial charge in [0.25, 0.3) is 0 Å². The number of ether oxygens (including phenoxy) is 1. The molecule has 3 aromatic rings. The van der Waals surface area contributed by atoms with Gasteiger partial charge in [-0.2, -0.15) is 0 Å². The number of aliphatic hydroxyl groups is 1. The van der Waals surface area contributed by atoms with Crippen LogP contribution in [-0.2, 0) is 6.42 Å². The molecule has 0 saturated heterocycles. The van der Waals surface area contributed by atoms with Crippen molar-refractivity contribution >= 4 is 16.5 Å². The third-order valence-electron chi connectivity index (χ3n) is 4.13. The van der Waals surface area contributed by atoms with Gasteiger partial charge in [-0.15, -0.1) is 0 Å². The summed E-state index contributed by atoms with van der Waals surface area (Å²) in [5, 5.41) is 15.6. The van der Waals surface area contributed by atoms with Gasteiger partial charge in [-0.25, -0.2) is 0 Å². The van der Waals surface area contributed by atoms with E-state index in [9.17, 15) is 5.11 Å². The first kappa shape index (κ1) is 17.3. The molecule has 0 saturated carbocycles. The molecule has 1 unspecified atom stereocenters. The van der Waals surface area contributed by atoms with Gasteiger partial charge < -0.3 is 20.9 Å². The highest BCUT2D eigenvalue weighted by Gasteiger charge is 2.07. The molecule has 4 N–H and O–H groups in total. The molecule has 130 valence electrons. The van der Waals surface area contributed by atoms with Gasteiger partial charge in [0.2, 0.25) is 0 Å². The number of nitrogens with two attached hydrogens (primary N) is 1. The molecule has 4 nitrogen and oxygen atoms in total. The number of nitrogen functional groups attached to an aromatic ring is 1. The molecule has 0 radical (unpaired) electrons. The van der Waals surface area contributed by atoms with E-state index in [1.165, 1.54) is 5.56 Å². The molecule has 0 heterocycles. The molecule has 0 spiro atoms. The van der Waals surface area contributed by atoms with Crippen molar-refractivity contribution in [2.75, 3.05) is 25.4 Å². The van der Waals surface area contributed by atoms with E-state index < -0.39 is 6.10 Å². The Morgan fingerprint density at radius 2 is 1.72 bits per heavy atom. The summed E-state index contributed by atoms with van der Waals surface area (Å²) in [6, 6.07) is 21.9. The highest BCUT2D eigenvalue weighted by molar-refractivity contribution is 5.88. The van der Waals surface area contributed by atoms with Crippen molar-refractivity contribution in [2.24, 2.45) is 0 Å². The van der Waals surface area contributed by atoms with Crippen LogP contribution < -0.4 is 15.8 Å². The Kier molecular flexibility index (Phi) is 5.88. The van der Waals surface area contributed by atoms with E-state index in [0.717, 1.165) is 35.2 Å². The topological polar surface area (TPSA) is 67.5 Å². The zero-order chi connectivity index (χ0) is 17.5. The second-order valence-corrected chi connectivity index (χ2v) is 6.14. The quantitative estimate of drug-likeness (QED) is 0.437. The molecule has 3 rings (SSSR count). The van der Waals surface area contributed by atoms with E-state index in [2.05, 4.69) is 17.4 Å². The SMILES string of the molecule is Nc1ccc(CCNCC(O)COc2cccc3ccccc23)cc1. The highest BCUT2D eigenvalue weighted by atomic mass is 16.5. The average molecular weight is 336 g/mol. The van der Waals surface area contributed by atoms with Crippen LogP contribution in [0.1, 0.15) is 5.56 Å². The maximum Gasteiger partial charge on any atom is 0.127 e. The van der Waals surface area contributed by atoms with Crippen molar-refractivity contribution in [3.63, 3.8) is 0 Å². The maximum atomic E-state index is 10.1. The van der Waals surface area contributed by atoms with E-state index in [0.29, 0.717) is 6.54 Å². The van der Waals surface area contributed by atoms with Gasteiger partial charge in [-0.1, -0.05) is 48.5 Å². The second kappa shape index (κ2) is 8.51. The van der Waals surface area contributed by atoms with Crippen LogP contribution in [0.5, 0.6) is 5.75 Å². The number of anilines is 1. The summed E-state index contributed by atoms with van der Waals surface area (Å²) >= 11 is 0. The van der Waals surface area contributed by atoms with Crippen molar-refractivity contribution in [1.82, 2.24) is 5.32 Å². The fourth-order valence-electron chi connectivity index (χ4n) is 2.75. The number of aliphatic hydroxyl groups excluding tert-OH is 1. The predicted molar refractivity (Wildman–Crippen MR) is 103 cm³/mol. The zero-order valence-corrected chi connectivity index (χ0v) is 14.2. The van der Waals surface area contributed by atoms with Crippen LogP contribution in [0.4, 0.5) is 5.69 Å². The Morgan fingerprint density at radius 3 is 2.56 bits per heavy atom. The Bertz CT molecular complexity index is 797.